The number of nitrogens with zero attached hydrogens (tertiary/aromatic N) is 1. The molecule has 0 aliphatic heterocycles. The second kappa shape index (κ2) is 7.76. The van der Waals surface area contributed by atoms with E-state index in [4.69, 9.17) is 0 Å². The number of likely N-dealkylation sites (N-methyl/N-ethyl adjacent to an activating group) is 1. The van der Waals surface area contributed by atoms with E-state index in [1.54, 1.807) is 0 Å². The molecule has 158 valence electrons. The van der Waals surface area contributed by atoms with E-state index in [0.29, 0.717) is 12.8 Å². The Morgan fingerprint density at radius 1 is 1.07 bits per heavy atom. The molecule has 29 heavy (non-hydrogen) atoms. The number of anilines is 1. The van der Waals surface area contributed by atoms with E-state index in [-0.39, 0.29) is 0 Å². The quantitative estimate of drug-likeness (QED) is 0.722. The van der Waals surface area contributed by atoms with Gasteiger partial charge in [-0.15, -0.1) is 0 Å². The average molecular weight is 418 g/mol. The number of nitrogens with one attached hydrogen (secondary N) is 2. The van der Waals surface area contributed by atoms with Crippen LogP contribution in [0.25, 0.3) is 0 Å². The Hall–Kier alpha value is -1.86. The van der Waals surface area contributed by atoms with Crippen LogP contribution >= 0.6 is 0 Å². The molecule has 0 spiro atoms. The second-order valence-electron chi connectivity index (χ2n) is 8.99. The molecule has 2 N–H and O–H groups in total. The van der Waals surface area contributed by atoms with Crippen LogP contribution in [0.2, 0.25) is 0 Å². The molecule has 0 unspecified atom stereocenters. The third-order valence-electron chi connectivity index (χ3n) is 6.49. The molecule has 1 saturated carbocycles. The van der Waals surface area contributed by atoms with Crippen LogP contribution in [0.3, 0.4) is 0 Å². The van der Waals surface area contributed by atoms with Crippen LogP contribution in [-0.4, -0.2) is 45.2 Å². The molecule has 1 aromatic rings. The Morgan fingerprint density at radius 2 is 1.66 bits per heavy atom. The third-order valence-corrected chi connectivity index (χ3v) is 8.17. The number of sulfonamides is 1. The van der Waals surface area contributed by atoms with Crippen LogP contribution in [0.4, 0.5) is 10.5 Å². The molecular formula is C22H31N3O3S. The Morgan fingerprint density at radius 3 is 2.21 bits per heavy atom. The molecule has 2 amide bonds. The summed E-state index contributed by atoms with van der Waals surface area (Å²) in [5.74, 6) is 0. The van der Waals surface area contributed by atoms with E-state index in [1.165, 1.54) is 33.4 Å². The largest absolute Gasteiger partial charge is 0.332 e. The lowest BCUT2D eigenvalue weighted by Gasteiger charge is -2.31. The van der Waals surface area contributed by atoms with E-state index in [0.717, 1.165) is 50.8 Å². The highest BCUT2D eigenvalue weighted by Crippen LogP contribution is 2.39. The summed E-state index contributed by atoms with van der Waals surface area (Å²) < 4.78 is 27.6. The van der Waals surface area contributed by atoms with Crippen molar-refractivity contribution in [3.63, 3.8) is 0 Å². The second-order valence-corrected chi connectivity index (χ2v) is 10.9. The minimum absolute atomic E-state index is 0.512. The maximum Gasteiger partial charge on any atom is 0.332 e. The first kappa shape index (κ1) is 20.4. The first-order valence-electron chi connectivity index (χ1n) is 10.6. The summed E-state index contributed by atoms with van der Waals surface area (Å²) >= 11 is 0. The van der Waals surface area contributed by atoms with Gasteiger partial charge in [0.1, 0.15) is 0 Å². The first-order chi connectivity index (χ1) is 13.7. The number of carbonyl (C=O) groups is 1. The van der Waals surface area contributed by atoms with Crippen molar-refractivity contribution in [3.8, 4) is 0 Å². The summed E-state index contributed by atoms with van der Waals surface area (Å²) in [5.41, 5.74) is 8.31. The van der Waals surface area contributed by atoms with Crippen molar-refractivity contribution >= 4 is 21.7 Å². The van der Waals surface area contributed by atoms with Crippen LogP contribution in [0.15, 0.2) is 17.2 Å². The van der Waals surface area contributed by atoms with Crippen LogP contribution in [0, 0.1) is 0 Å². The lowest BCUT2D eigenvalue weighted by Crippen LogP contribution is -2.44. The van der Waals surface area contributed by atoms with Gasteiger partial charge in [0.05, 0.1) is 5.25 Å². The van der Waals surface area contributed by atoms with Gasteiger partial charge in [0.15, 0.2) is 0 Å². The number of urea groups is 1. The highest BCUT2D eigenvalue weighted by molar-refractivity contribution is 7.90. The van der Waals surface area contributed by atoms with Crippen LogP contribution in [0.5, 0.6) is 0 Å². The van der Waals surface area contributed by atoms with Gasteiger partial charge in [0.25, 0.3) is 0 Å². The third kappa shape index (κ3) is 4.08. The van der Waals surface area contributed by atoms with Gasteiger partial charge in [-0.25, -0.2) is 17.9 Å². The molecule has 0 heterocycles. The molecule has 0 atom stereocenters. The molecular weight excluding hydrogens is 386 g/mol. The van der Waals surface area contributed by atoms with Crippen molar-refractivity contribution in [2.24, 2.45) is 0 Å². The van der Waals surface area contributed by atoms with Gasteiger partial charge in [-0.2, -0.15) is 0 Å². The number of carbonyl (C=O) groups excluding carboxylic acids is 1. The zero-order chi connectivity index (χ0) is 20.8. The van der Waals surface area contributed by atoms with E-state index >= 15 is 0 Å². The van der Waals surface area contributed by atoms with Crippen molar-refractivity contribution in [2.75, 3.05) is 26.0 Å². The van der Waals surface area contributed by atoms with Gasteiger partial charge in [-0.3, -0.25) is 0 Å². The smallest absolute Gasteiger partial charge is 0.307 e. The Kier molecular flexibility index (Phi) is 5.46. The molecule has 6 nitrogen and oxygen atoms in total. The summed E-state index contributed by atoms with van der Waals surface area (Å²) in [5, 5.41) is 2.39. The fraction of sp³-hybridized carbons (Fsp3) is 0.591. The van der Waals surface area contributed by atoms with Gasteiger partial charge in [0, 0.05) is 12.2 Å². The van der Waals surface area contributed by atoms with E-state index in [9.17, 15) is 13.2 Å². The molecule has 7 heteroatoms. The molecule has 0 bridgehead atoms. The zero-order valence-corrected chi connectivity index (χ0v) is 18.4. The van der Waals surface area contributed by atoms with Crippen LogP contribution < -0.4 is 10.0 Å². The highest BCUT2D eigenvalue weighted by atomic mass is 32.2. The summed E-state index contributed by atoms with van der Waals surface area (Å²) in [6, 6.07) is 1.67. The van der Waals surface area contributed by atoms with Gasteiger partial charge >= 0.3 is 6.03 Å². The number of rotatable bonds is 5. The maximum absolute atomic E-state index is 12.7. The molecule has 3 aliphatic carbocycles. The van der Waals surface area contributed by atoms with Crippen LogP contribution in [0.1, 0.15) is 54.9 Å². The average Bonchev–Trinajstić information content (AvgIpc) is 3.20. The summed E-state index contributed by atoms with van der Waals surface area (Å²) in [7, 11) is 0.324. The van der Waals surface area contributed by atoms with Crippen molar-refractivity contribution in [1.82, 2.24) is 9.62 Å². The fourth-order valence-corrected chi connectivity index (χ4v) is 6.28. The monoisotopic (exact) mass is 417 g/mol. The summed E-state index contributed by atoms with van der Waals surface area (Å²) in [6.07, 6.45) is 7.20. The summed E-state index contributed by atoms with van der Waals surface area (Å²) in [4.78, 5) is 14.7. The van der Waals surface area contributed by atoms with Crippen molar-refractivity contribution in [3.05, 3.63) is 39.5 Å². The topological polar surface area (TPSA) is 78.5 Å². The normalized spacial score (nSPS) is 20.3. The van der Waals surface area contributed by atoms with Gasteiger partial charge in [-0.05, 0) is 94.6 Å². The Bertz CT molecular complexity index is 939. The first-order valence-corrected chi connectivity index (χ1v) is 12.1. The van der Waals surface area contributed by atoms with E-state index in [2.05, 4.69) is 27.9 Å². The maximum atomic E-state index is 12.7. The SMILES string of the molecule is CC(CN(C)C)=C1CC(S(=O)(=O)NC(=O)Nc2c3c(cc4c2CCC4)CCC3)C1. The fourth-order valence-electron chi connectivity index (χ4n) is 4.96. The molecule has 0 radical (unpaired) electrons. The lowest BCUT2D eigenvalue weighted by atomic mass is 9.87. The van der Waals surface area contributed by atoms with E-state index < -0.39 is 21.3 Å². The molecule has 3 aliphatic rings. The Labute approximate surface area is 173 Å². The zero-order valence-electron chi connectivity index (χ0n) is 17.6. The number of hydrogen-bond donors (Lipinski definition) is 2. The van der Waals surface area contributed by atoms with Crippen molar-refractivity contribution < 1.29 is 13.2 Å². The van der Waals surface area contributed by atoms with Gasteiger partial charge in [0.2, 0.25) is 10.0 Å². The summed E-state index contributed by atoms with van der Waals surface area (Å²) in [6.45, 7) is 2.88. The van der Waals surface area contributed by atoms with Crippen LogP contribution in [-0.2, 0) is 35.7 Å². The van der Waals surface area contributed by atoms with Crippen molar-refractivity contribution in [2.45, 2.75) is 63.5 Å². The molecule has 1 aromatic carbocycles. The Balaban J connectivity index is 1.44. The number of amides is 2. The predicted octanol–water partition coefficient (Wildman–Crippen LogP) is 3.16. The number of aryl methyl sites for hydroxylation is 2. The number of hydrogen-bond acceptors (Lipinski definition) is 4. The van der Waals surface area contributed by atoms with E-state index in [1.807, 2.05) is 14.1 Å². The molecule has 4 rings (SSSR count). The molecule has 1 fully saturated rings. The minimum atomic E-state index is -3.68. The molecule has 0 aromatic heterocycles. The minimum Gasteiger partial charge on any atom is -0.307 e. The number of fused-ring (bicyclic) bond motifs is 2. The predicted molar refractivity (Wildman–Crippen MR) is 116 cm³/mol. The standard InChI is InChI=1S/C22H31N3O3S/c1-14(13-25(2)3)17-11-18(12-17)29(27,28)24-22(26)23-21-19-8-4-6-15(19)10-16-7-5-9-20(16)21/h10,18H,4-9,11-13H2,1-3H3,(H2,23,24,26). The van der Waals surface area contributed by atoms with Gasteiger partial charge < -0.3 is 10.2 Å². The van der Waals surface area contributed by atoms with Crippen molar-refractivity contribution in [1.29, 1.82) is 0 Å². The number of benzene rings is 1. The van der Waals surface area contributed by atoms with Gasteiger partial charge in [-0.1, -0.05) is 17.2 Å². The number of allylic oxidation sites excluding steroid dienone is 1. The highest BCUT2D eigenvalue weighted by Gasteiger charge is 2.37. The lowest BCUT2D eigenvalue weighted by molar-refractivity contribution is 0.256. The molecule has 0 saturated heterocycles.